The molecule has 6 heteroatoms. The molecule has 2 N–H and O–H groups in total. The number of halogens is 1. The minimum atomic E-state index is 0. The first-order chi connectivity index (χ1) is 11.2. The molecule has 1 aliphatic rings. The number of rotatable bonds is 6. The van der Waals surface area contributed by atoms with Crippen LogP contribution in [0.15, 0.2) is 29.3 Å². The van der Waals surface area contributed by atoms with E-state index in [1.165, 1.54) is 24.2 Å². The van der Waals surface area contributed by atoms with Crippen molar-refractivity contribution in [1.82, 2.24) is 20.4 Å². The topological polar surface area (TPSA) is 42.9 Å². The Morgan fingerprint density at radius 3 is 2.04 bits per heavy atom. The molecule has 24 heavy (non-hydrogen) atoms. The number of guanidine groups is 1. The number of likely N-dealkylation sites (N-methyl/N-ethyl adjacent to an activating group) is 1. The number of aliphatic imine (C=N–C) groups is 1. The second-order valence-electron chi connectivity index (χ2n) is 6.12. The van der Waals surface area contributed by atoms with Crippen LogP contribution in [0.1, 0.15) is 25.0 Å². The minimum absolute atomic E-state index is 0. The number of nitrogens with one attached hydrogen (secondary N) is 2. The zero-order valence-electron chi connectivity index (χ0n) is 15.2. The van der Waals surface area contributed by atoms with Crippen molar-refractivity contribution in [3.63, 3.8) is 0 Å². The summed E-state index contributed by atoms with van der Waals surface area (Å²) in [4.78, 5) is 9.53. The third-order valence-corrected chi connectivity index (χ3v) is 4.13. The van der Waals surface area contributed by atoms with Gasteiger partial charge in [0, 0.05) is 45.8 Å². The Morgan fingerprint density at radius 2 is 1.50 bits per heavy atom. The molecule has 1 aromatic carbocycles. The quantitative estimate of drug-likeness (QED) is 0.400. The van der Waals surface area contributed by atoms with Crippen LogP contribution in [0.2, 0.25) is 0 Å². The van der Waals surface area contributed by atoms with Gasteiger partial charge in [-0.3, -0.25) is 4.90 Å². The van der Waals surface area contributed by atoms with Crippen molar-refractivity contribution in [2.75, 3.05) is 46.3 Å². The minimum Gasteiger partial charge on any atom is -0.357 e. The predicted molar refractivity (Wildman–Crippen MR) is 113 cm³/mol. The largest absolute Gasteiger partial charge is 0.357 e. The maximum Gasteiger partial charge on any atom is 0.191 e. The molecule has 0 unspecified atom stereocenters. The van der Waals surface area contributed by atoms with E-state index in [0.717, 1.165) is 38.7 Å². The molecular formula is C18H32IN5. The summed E-state index contributed by atoms with van der Waals surface area (Å²) in [5.41, 5.74) is 2.64. The highest BCUT2D eigenvalue weighted by atomic mass is 127. The fourth-order valence-electron chi connectivity index (χ4n) is 2.69. The van der Waals surface area contributed by atoms with Crippen molar-refractivity contribution in [2.45, 2.75) is 26.9 Å². The molecular weight excluding hydrogens is 413 g/mol. The standard InChI is InChI=1S/C18H31N5.HI/c1-4-19-18(20-5-2)21-14-16-6-8-17(9-7-16)15-23-12-10-22(3)11-13-23;/h6-9H,4-5,10-15H2,1-3H3,(H2,19,20,21);1H. The average molecular weight is 445 g/mol. The van der Waals surface area contributed by atoms with E-state index in [1.807, 2.05) is 0 Å². The van der Waals surface area contributed by atoms with Crippen LogP contribution >= 0.6 is 24.0 Å². The van der Waals surface area contributed by atoms with E-state index in [-0.39, 0.29) is 24.0 Å². The van der Waals surface area contributed by atoms with Crippen molar-refractivity contribution < 1.29 is 0 Å². The smallest absolute Gasteiger partial charge is 0.191 e. The van der Waals surface area contributed by atoms with Crippen LogP contribution in [-0.4, -0.2) is 62.1 Å². The van der Waals surface area contributed by atoms with Gasteiger partial charge in [-0.15, -0.1) is 24.0 Å². The van der Waals surface area contributed by atoms with Crippen LogP contribution in [0, 0.1) is 0 Å². The van der Waals surface area contributed by atoms with Gasteiger partial charge in [-0.1, -0.05) is 24.3 Å². The number of benzene rings is 1. The number of nitrogens with zero attached hydrogens (tertiary/aromatic N) is 3. The summed E-state index contributed by atoms with van der Waals surface area (Å²) in [7, 11) is 2.20. The van der Waals surface area contributed by atoms with Crippen LogP contribution in [-0.2, 0) is 13.1 Å². The summed E-state index contributed by atoms with van der Waals surface area (Å²) >= 11 is 0. The second-order valence-corrected chi connectivity index (χ2v) is 6.12. The van der Waals surface area contributed by atoms with E-state index in [0.29, 0.717) is 6.54 Å². The van der Waals surface area contributed by atoms with Crippen LogP contribution in [0.4, 0.5) is 0 Å². The lowest BCUT2D eigenvalue weighted by molar-refractivity contribution is 0.148. The summed E-state index contributed by atoms with van der Waals surface area (Å²) in [5.74, 6) is 0.886. The molecule has 136 valence electrons. The first-order valence-electron chi connectivity index (χ1n) is 8.72. The second kappa shape index (κ2) is 11.7. The molecule has 0 aromatic heterocycles. The Bertz CT molecular complexity index is 473. The summed E-state index contributed by atoms with van der Waals surface area (Å²) < 4.78 is 0. The Hall–Kier alpha value is -0.860. The van der Waals surface area contributed by atoms with Gasteiger partial charge in [0.15, 0.2) is 5.96 Å². The van der Waals surface area contributed by atoms with Crippen molar-refractivity contribution in [3.8, 4) is 0 Å². The summed E-state index contributed by atoms with van der Waals surface area (Å²) in [6, 6.07) is 8.88. The van der Waals surface area contributed by atoms with Crippen LogP contribution in [0.3, 0.4) is 0 Å². The molecule has 1 saturated heterocycles. The molecule has 0 radical (unpaired) electrons. The summed E-state index contributed by atoms with van der Waals surface area (Å²) in [6.45, 7) is 12.4. The van der Waals surface area contributed by atoms with Gasteiger partial charge in [-0.05, 0) is 32.0 Å². The van der Waals surface area contributed by atoms with Gasteiger partial charge in [-0.2, -0.15) is 0 Å². The molecule has 0 aliphatic carbocycles. The Morgan fingerprint density at radius 1 is 0.958 bits per heavy atom. The Labute approximate surface area is 163 Å². The van der Waals surface area contributed by atoms with Crippen molar-refractivity contribution in [2.24, 2.45) is 4.99 Å². The molecule has 0 amide bonds. The van der Waals surface area contributed by atoms with Gasteiger partial charge in [0.2, 0.25) is 0 Å². The number of hydrogen-bond acceptors (Lipinski definition) is 3. The molecule has 1 heterocycles. The molecule has 0 saturated carbocycles. The maximum atomic E-state index is 4.61. The van der Waals surface area contributed by atoms with E-state index in [1.54, 1.807) is 0 Å². The molecule has 0 spiro atoms. The van der Waals surface area contributed by atoms with Gasteiger partial charge >= 0.3 is 0 Å². The lowest BCUT2D eigenvalue weighted by Gasteiger charge is -2.32. The van der Waals surface area contributed by atoms with Crippen LogP contribution in [0.25, 0.3) is 0 Å². The molecule has 0 atom stereocenters. The fraction of sp³-hybridized carbons (Fsp3) is 0.611. The number of hydrogen-bond donors (Lipinski definition) is 2. The van der Waals surface area contributed by atoms with Crippen LogP contribution in [0.5, 0.6) is 0 Å². The van der Waals surface area contributed by atoms with Crippen molar-refractivity contribution in [1.29, 1.82) is 0 Å². The third-order valence-electron chi connectivity index (χ3n) is 4.13. The highest BCUT2D eigenvalue weighted by Crippen LogP contribution is 2.10. The average Bonchev–Trinajstić information content (AvgIpc) is 2.56. The first-order valence-corrected chi connectivity index (χ1v) is 8.72. The fourth-order valence-corrected chi connectivity index (χ4v) is 2.69. The SMILES string of the molecule is CCNC(=NCc1ccc(CN2CCN(C)CC2)cc1)NCC.I. The normalized spacial score (nSPS) is 15.5. The van der Waals surface area contributed by atoms with E-state index >= 15 is 0 Å². The van der Waals surface area contributed by atoms with Gasteiger partial charge in [-0.25, -0.2) is 4.99 Å². The van der Waals surface area contributed by atoms with Crippen LogP contribution < -0.4 is 10.6 Å². The molecule has 1 aliphatic heterocycles. The summed E-state index contributed by atoms with van der Waals surface area (Å²) in [6.07, 6.45) is 0. The first kappa shape index (κ1) is 21.2. The predicted octanol–water partition coefficient (Wildman–Crippen LogP) is 2.13. The number of piperazine rings is 1. The zero-order valence-corrected chi connectivity index (χ0v) is 17.5. The monoisotopic (exact) mass is 445 g/mol. The van der Waals surface area contributed by atoms with E-state index in [4.69, 9.17) is 0 Å². The molecule has 2 rings (SSSR count). The van der Waals surface area contributed by atoms with E-state index < -0.39 is 0 Å². The molecule has 1 fully saturated rings. The van der Waals surface area contributed by atoms with Gasteiger partial charge in [0.25, 0.3) is 0 Å². The third kappa shape index (κ3) is 7.36. The highest BCUT2D eigenvalue weighted by Gasteiger charge is 2.13. The molecule has 1 aromatic rings. The van der Waals surface area contributed by atoms with Gasteiger partial charge < -0.3 is 15.5 Å². The molecule has 5 nitrogen and oxygen atoms in total. The van der Waals surface area contributed by atoms with E-state index in [2.05, 4.69) is 70.6 Å². The van der Waals surface area contributed by atoms with Crippen molar-refractivity contribution in [3.05, 3.63) is 35.4 Å². The Balaban J connectivity index is 0.00000288. The summed E-state index contributed by atoms with van der Waals surface area (Å²) in [5, 5.41) is 6.50. The van der Waals surface area contributed by atoms with Gasteiger partial charge in [0.05, 0.1) is 6.54 Å². The van der Waals surface area contributed by atoms with E-state index in [9.17, 15) is 0 Å². The lowest BCUT2D eigenvalue weighted by atomic mass is 10.1. The lowest BCUT2D eigenvalue weighted by Crippen LogP contribution is -2.43. The van der Waals surface area contributed by atoms with Crippen molar-refractivity contribution >= 4 is 29.9 Å². The zero-order chi connectivity index (χ0) is 16.5. The Kier molecular flexibility index (Phi) is 10.3. The highest BCUT2D eigenvalue weighted by molar-refractivity contribution is 14.0. The molecule has 0 bridgehead atoms. The van der Waals surface area contributed by atoms with Gasteiger partial charge in [0.1, 0.15) is 0 Å². The maximum absolute atomic E-state index is 4.61.